The number of rotatable bonds is 3. The van der Waals surface area contributed by atoms with Gasteiger partial charge in [0.2, 0.25) is 5.58 Å². The molecule has 0 saturated carbocycles. The van der Waals surface area contributed by atoms with Crippen molar-refractivity contribution in [1.82, 2.24) is 10.1 Å². The van der Waals surface area contributed by atoms with Gasteiger partial charge in [-0.1, -0.05) is 5.16 Å². The number of carbonyl (C=O) groups excluding carboxylic acids is 1. The fraction of sp³-hybridized carbons (Fsp3) is 0.133. The van der Waals surface area contributed by atoms with Crippen LogP contribution in [0.2, 0.25) is 0 Å². The second-order valence-electron chi connectivity index (χ2n) is 4.56. The third-order valence-corrected chi connectivity index (χ3v) is 3.91. The summed E-state index contributed by atoms with van der Waals surface area (Å²) in [5.41, 5.74) is 0.813. The van der Waals surface area contributed by atoms with Crippen molar-refractivity contribution in [1.29, 1.82) is 0 Å². The number of benzene rings is 1. The summed E-state index contributed by atoms with van der Waals surface area (Å²) in [4.78, 5) is 15.9. The molecule has 0 radical (unpaired) electrons. The van der Waals surface area contributed by atoms with Crippen LogP contribution in [0.5, 0.6) is 5.75 Å². The maximum atomic E-state index is 13.1. The third-order valence-electron chi connectivity index (χ3n) is 3.13. The van der Waals surface area contributed by atoms with E-state index in [0.29, 0.717) is 20.3 Å². The van der Waals surface area contributed by atoms with Gasteiger partial charge in [-0.15, -0.1) is 0 Å². The summed E-state index contributed by atoms with van der Waals surface area (Å²) >= 11 is 1.91. The maximum absolute atomic E-state index is 13.1. The molecule has 0 bridgehead atoms. The molecule has 0 amide bonds. The summed E-state index contributed by atoms with van der Waals surface area (Å²) in [7, 11) is 0. The van der Waals surface area contributed by atoms with Crippen molar-refractivity contribution in [2.24, 2.45) is 0 Å². The highest BCUT2D eigenvalue weighted by atomic mass is 127. The Bertz CT molecular complexity index is 893. The van der Waals surface area contributed by atoms with Gasteiger partial charge in [0.15, 0.2) is 11.4 Å². The van der Waals surface area contributed by atoms with Gasteiger partial charge >= 0.3 is 5.97 Å². The molecule has 6 nitrogen and oxygen atoms in total. The number of fused-ring (bicyclic) bond motifs is 1. The molecule has 8 heteroatoms. The van der Waals surface area contributed by atoms with E-state index in [1.807, 2.05) is 22.6 Å². The second-order valence-corrected chi connectivity index (χ2v) is 5.58. The molecule has 0 atom stereocenters. The molecule has 0 saturated heterocycles. The minimum absolute atomic E-state index is 0.0341. The summed E-state index contributed by atoms with van der Waals surface area (Å²) in [5, 5.41) is 14.6. The largest absolute Gasteiger partial charge is 0.502 e. The minimum atomic E-state index is -0.746. The van der Waals surface area contributed by atoms with Gasteiger partial charge in [-0.05, 0) is 53.8 Å². The summed E-state index contributed by atoms with van der Waals surface area (Å²) in [6.45, 7) is 1.81. The number of esters is 1. The second kappa shape index (κ2) is 6.11. The van der Waals surface area contributed by atoms with E-state index in [4.69, 9.17) is 9.26 Å². The molecule has 23 heavy (non-hydrogen) atoms. The number of hydrogen-bond donors (Lipinski definition) is 1. The molecular formula is C15H10FIN2O4. The molecule has 1 aromatic carbocycles. The fourth-order valence-electron chi connectivity index (χ4n) is 2.10. The molecule has 0 spiro atoms. The predicted octanol–water partition coefficient (Wildman–Crippen LogP) is 3.52. The Kier molecular flexibility index (Phi) is 4.16. The lowest BCUT2D eigenvalue weighted by atomic mass is 10.1. The van der Waals surface area contributed by atoms with Crippen LogP contribution in [0, 0.1) is 9.52 Å². The minimum Gasteiger partial charge on any atom is -0.502 e. The molecule has 3 rings (SSSR count). The first-order valence-electron chi connectivity index (χ1n) is 6.63. The van der Waals surface area contributed by atoms with E-state index < -0.39 is 11.7 Å². The first-order valence-corrected chi connectivity index (χ1v) is 7.71. The first kappa shape index (κ1) is 15.7. The van der Waals surface area contributed by atoms with Crippen molar-refractivity contribution in [2.45, 2.75) is 6.92 Å². The van der Waals surface area contributed by atoms with Crippen LogP contribution in [0.4, 0.5) is 4.39 Å². The van der Waals surface area contributed by atoms with E-state index in [0.717, 1.165) is 0 Å². The van der Waals surface area contributed by atoms with Crippen molar-refractivity contribution in [2.75, 3.05) is 6.61 Å². The lowest BCUT2D eigenvalue weighted by Gasteiger charge is -2.05. The Morgan fingerprint density at radius 3 is 2.74 bits per heavy atom. The van der Waals surface area contributed by atoms with E-state index in [-0.39, 0.29) is 23.7 Å². The van der Waals surface area contributed by atoms with Gasteiger partial charge in [0, 0.05) is 5.56 Å². The topological polar surface area (TPSA) is 85.5 Å². The van der Waals surface area contributed by atoms with Gasteiger partial charge in [-0.2, -0.15) is 0 Å². The lowest BCUT2D eigenvalue weighted by Crippen LogP contribution is -2.08. The summed E-state index contributed by atoms with van der Waals surface area (Å²) in [5.74, 6) is -1.55. The Balaban J connectivity index is 2.20. The van der Waals surface area contributed by atoms with Crippen LogP contribution < -0.4 is 0 Å². The van der Waals surface area contributed by atoms with Crippen LogP contribution >= 0.6 is 22.6 Å². The van der Waals surface area contributed by atoms with E-state index in [1.54, 1.807) is 19.1 Å². The van der Waals surface area contributed by atoms with Crippen molar-refractivity contribution in [3.63, 3.8) is 0 Å². The van der Waals surface area contributed by atoms with Crippen LogP contribution in [0.25, 0.3) is 22.2 Å². The molecule has 118 valence electrons. The Hall–Kier alpha value is -2.23. The van der Waals surface area contributed by atoms with Crippen molar-refractivity contribution < 1.29 is 23.6 Å². The molecule has 3 aromatic rings. The number of aromatic hydroxyl groups is 1. The highest BCUT2D eigenvalue weighted by molar-refractivity contribution is 14.1. The van der Waals surface area contributed by atoms with Crippen LogP contribution in [0.1, 0.15) is 17.4 Å². The van der Waals surface area contributed by atoms with Crippen LogP contribution in [0.15, 0.2) is 28.8 Å². The molecule has 0 aliphatic rings. The number of ether oxygens (including phenoxy) is 1. The number of aromatic nitrogens is 2. The zero-order chi connectivity index (χ0) is 16.6. The van der Waals surface area contributed by atoms with Gasteiger partial charge in [-0.25, -0.2) is 14.2 Å². The van der Waals surface area contributed by atoms with E-state index in [1.165, 1.54) is 12.1 Å². The number of carbonyl (C=O) groups is 1. The van der Waals surface area contributed by atoms with Crippen molar-refractivity contribution in [3.05, 3.63) is 39.5 Å². The first-order chi connectivity index (χ1) is 11.0. The highest BCUT2D eigenvalue weighted by Crippen LogP contribution is 2.37. The standard InChI is InChI=1S/C15H10FIN2O4/c1-2-22-15(21)11-12(20)13-9(14(17)18-11)10(19-23-13)7-3-5-8(16)6-4-7/h3-6,20H,2H2,1H3. The van der Waals surface area contributed by atoms with E-state index >= 15 is 0 Å². The average molecular weight is 428 g/mol. The molecule has 2 heterocycles. The Morgan fingerprint density at radius 1 is 1.39 bits per heavy atom. The number of halogens is 2. The van der Waals surface area contributed by atoms with E-state index in [2.05, 4.69) is 10.1 Å². The highest BCUT2D eigenvalue weighted by Gasteiger charge is 2.25. The SMILES string of the molecule is CCOC(=O)c1nc(I)c2c(-c3ccc(F)cc3)noc2c1O. The molecular weight excluding hydrogens is 418 g/mol. The average Bonchev–Trinajstić information content (AvgIpc) is 2.97. The monoisotopic (exact) mass is 428 g/mol. The molecule has 2 aromatic heterocycles. The lowest BCUT2D eigenvalue weighted by molar-refractivity contribution is 0.0515. The van der Waals surface area contributed by atoms with Crippen molar-refractivity contribution >= 4 is 39.5 Å². The summed E-state index contributed by atoms with van der Waals surface area (Å²) < 4.78 is 23.5. The number of pyridine rings is 1. The molecule has 0 unspecified atom stereocenters. The quantitative estimate of drug-likeness (QED) is 0.391. The fourth-order valence-corrected chi connectivity index (χ4v) is 2.85. The molecule has 0 aliphatic carbocycles. The van der Waals surface area contributed by atoms with Gasteiger partial charge < -0.3 is 14.4 Å². The third kappa shape index (κ3) is 2.74. The van der Waals surface area contributed by atoms with Crippen LogP contribution in [-0.2, 0) is 4.74 Å². The van der Waals surface area contributed by atoms with Crippen LogP contribution in [-0.4, -0.2) is 27.8 Å². The van der Waals surface area contributed by atoms with Gasteiger partial charge in [0.05, 0.1) is 12.0 Å². The molecule has 1 N–H and O–H groups in total. The maximum Gasteiger partial charge on any atom is 0.361 e. The van der Waals surface area contributed by atoms with Gasteiger partial charge in [0.25, 0.3) is 0 Å². The zero-order valence-electron chi connectivity index (χ0n) is 11.8. The number of nitrogens with zero attached hydrogens (tertiary/aromatic N) is 2. The smallest absolute Gasteiger partial charge is 0.361 e. The Morgan fingerprint density at radius 2 is 2.09 bits per heavy atom. The van der Waals surface area contributed by atoms with Crippen LogP contribution in [0.3, 0.4) is 0 Å². The zero-order valence-corrected chi connectivity index (χ0v) is 14.0. The normalized spacial score (nSPS) is 10.9. The molecule has 0 aliphatic heterocycles. The summed E-state index contributed by atoms with van der Waals surface area (Å²) in [6, 6.07) is 5.67. The number of hydrogen-bond acceptors (Lipinski definition) is 6. The predicted molar refractivity (Wildman–Crippen MR) is 87.5 cm³/mol. The Labute approximate surface area is 143 Å². The summed E-state index contributed by atoms with van der Waals surface area (Å²) in [6.07, 6.45) is 0. The molecule has 0 fully saturated rings. The van der Waals surface area contributed by atoms with E-state index in [9.17, 15) is 14.3 Å². The van der Waals surface area contributed by atoms with Crippen molar-refractivity contribution in [3.8, 4) is 17.0 Å². The van der Waals surface area contributed by atoms with Gasteiger partial charge in [-0.3, -0.25) is 0 Å². The van der Waals surface area contributed by atoms with Gasteiger partial charge in [0.1, 0.15) is 15.2 Å².